The highest BCUT2D eigenvalue weighted by atomic mass is 19.4. The van der Waals surface area contributed by atoms with Crippen LogP contribution in [0.1, 0.15) is 24.2 Å². The van der Waals surface area contributed by atoms with Crippen LogP contribution in [-0.2, 0) is 11.4 Å². The largest absolute Gasteiger partial charge is 0.573 e. The molecule has 3 rings (SSSR count). The first-order valence-electron chi connectivity index (χ1n) is 9.80. The van der Waals surface area contributed by atoms with Gasteiger partial charge in [0.05, 0.1) is 0 Å². The summed E-state index contributed by atoms with van der Waals surface area (Å²) in [5, 5.41) is 20.5. The number of alkyl halides is 3. The van der Waals surface area contributed by atoms with Crippen LogP contribution in [0.5, 0.6) is 17.2 Å². The van der Waals surface area contributed by atoms with Crippen molar-refractivity contribution in [3.63, 3.8) is 0 Å². The minimum atomic E-state index is -4.86. The van der Waals surface area contributed by atoms with Crippen molar-refractivity contribution in [1.82, 2.24) is 0 Å². The third-order valence-electron chi connectivity index (χ3n) is 4.78. The van der Waals surface area contributed by atoms with E-state index in [-0.39, 0.29) is 11.3 Å². The first-order chi connectivity index (χ1) is 15.6. The predicted octanol–water partition coefficient (Wildman–Crippen LogP) is 5.12. The molecule has 174 valence electrons. The molecule has 0 saturated carbocycles. The number of carboxylic acid groups (broad SMARTS) is 1. The summed E-state index contributed by atoms with van der Waals surface area (Å²) in [7, 11) is 0. The van der Waals surface area contributed by atoms with E-state index in [2.05, 4.69) is 4.74 Å². The lowest BCUT2D eigenvalue weighted by atomic mass is 9.92. The Kier molecular flexibility index (Phi) is 7.13. The predicted molar refractivity (Wildman–Crippen MR) is 112 cm³/mol. The summed E-state index contributed by atoms with van der Waals surface area (Å²) in [5.74, 6) is -1.49. The molecule has 2 unspecified atom stereocenters. The van der Waals surface area contributed by atoms with Gasteiger partial charge in [-0.2, -0.15) is 0 Å². The zero-order valence-corrected chi connectivity index (χ0v) is 17.5. The van der Waals surface area contributed by atoms with Crippen molar-refractivity contribution < 1.29 is 42.4 Å². The smallest absolute Gasteiger partial charge is 0.489 e. The normalized spacial score (nSPS) is 14.1. The van der Waals surface area contributed by atoms with Gasteiger partial charge in [0.1, 0.15) is 30.0 Å². The lowest BCUT2D eigenvalue weighted by Crippen LogP contribution is -2.47. The van der Waals surface area contributed by atoms with Gasteiger partial charge < -0.3 is 24.4 Å². The number of aliphatic carboxylic acids is 1. The molecule has 0 spiro atoms. The Hall–Kier alpha value is -3.72. The summed E-state index contributed by atoms with van der Waals surface area (Å²) < 4.78 is 51.8. The molecule has 0 radical (unpaired) electrons. The van der Waals surface area contributed by atoms with E-state index in [9.17, 15) is 28.2 Å². The first-order valence-corrected chi connectivity index (χ1v) is 9.80. The summed E-state index contributed by atoms with van der Waals surface area (Å²) in [5.41, 5.74) is -0.900. The third kappa shape index (κ3) is 6.39. The maximum Gasteiger partial charge on any atom is 0.573 e. The Morgan fingerprint density at radius 3 is 1.88 bits per heavy atom. The molecule has 33 heavy (non-hydrogen) atoms. The zero-order valence-electron chi connectivity index (χ0n) is 17.5. The SMILES string of the molecule is CC(Oc1ccc(OC(F)(F)F)cc1)(C(=O)O)C(O)c1ccc(OCc2ccccc2)cc1. The monoisotopic (exact) mass is 462 g/mol. The fourth-order valence-electron chi connectivity index (χ4n) is 2.98. The molecule has 6 nitrogen and oxygen atoms in total. The Morgan fingerprint density at radius 1 is 0.848 bits per heavy atom. The van der Waals surface area contributed by atoms with Crippen molar-refractivity contribution in [3.8, 4) is 17.2 Å². The van der Waals surface area contributed by atoms with Crippen LogP contribution in [0.15, 0.2) is 78.9 Å². The molecule has 0 bridgehead atoms. The Morgan fingerprint density at radius 2 is 1.36 bits per heavy atom. The molecule has 0 aromatic heterocycles. The van der Waals surface area contributed by atoms with Crippen LogP contribution in [0.25, 0.3) is 0 Å². The maximum atomic E-state index is 12.3. The third-order valence-corrected chi connectivity index (χ3v) is 4.78. The quantitative estimate of drug-likeness (QED) is 0.459. The van der Waals surface area contributed by atoms with Crippen LogP contribution in [0.3, 0.4) is 0 Å². The highest BCUT2D eigenvalue weighted by Gasteiger charge is 2.44. The van der Waals surface area contributed by atoms with Gasteiger partial charge >= 0.3 is 12.3 Å². The Labute approximate surface area is 187 Å². The number of hydrogen-bond donors (Lipinski definition) is 2. The van der Waals surface area contributed by atoms with Gasteiger partial charge in [-0.05, 0) is 54.4 Å². The van der Waals surface area contributed by atoms with Crippen molar-refractivity contribution in [2.24, 2.45) is 0 Å². The highest BCUT2D eigenvalue weighted by Crippen LogP contribution is 2.33. The van der Waals surface area contributed by atoms with Crippen molar-refractivity contribution in [2.75, 3.05) is 0 Å². The Bertz CT molecular complexity index is 1050. The summed E-state index contributed by atoms with van der Waals surface area (Å²) >= 11 is 0. The van der Waals surface area contributed by atoms with Gasteiger partial charge in [0.2, 0.25) is 5.60 Å². The fraction of sp³-hybridized carbons (Fsp3) is 0.208. The van der Waals surface area contributed by atoms with Gasteiger partial charge in [-0.1, -0.05) is 42.5 Å². The van der Waals surface area contributed by atoms with Crippen molar-refractivity contribution in [3.05, 3.63) is 90.0 Å². The minimum absolute atomic E-state index is 0.0590. The molecule has 3 aromatic carbocycles. The second kappa shape index (κ2) is 9.83. The summed E-state index contributed by atoms with van der Waals surface area (Å²) in [4.78, 5) is 11.9. The van der Waals surface area contributed by atoms with Crippen LogP contribution in [0.2, 0.25) is 0 Å². The second-order valence-electron chi connectivity index (χ2n) is 7.28. The molecule has 0 amide bonds. The number of carboxylic acids is 1. The molecule has 0 saturated heterocycles. The summed E-state index contributed by atoms with van der Waals surface area (Å²) in [6.45, 7) is 1.51. The maximum absolute atomic E-state index is 12.3. The average Bonchev–Trinajstić information content (AvgIpc) is 2.78. The number of ether oxygens (including phenoxy) is 3. The molecule has 0 heterocycles. The number of hydrogen-bond acceptors (Lipinski definition) is 5. The Balaban J connectivity index is 1.70. The van der Waals surface area contributed by atoms with Gasteiger partial charge in [-0.3, -0.25) is 0 Å². The number of halogens is 3. The van der Waals surface area contributed by atoms with Gasteiger partial charge in [0.15, 0.2) is 0 Å². The lowest BCUT2D eigenvalue weighted by molar-refractivity contribution is -0.274. The van der Waals surface area contributed by atoms with Crippen LogP contribution in [-0.4, -0.2) is 28.1 Å². The van der Waals surface area contributed by atoms with Gasteiger partial charge in [-0.15, -0.1) is 13.2 Å². The van der Waals surface area contributed by atoms with Gasteiger partial charge in [0.25, 0.3) is 0 Å². The zero-order chi connectivity index (χ0) is 24.1. The molecule has 0 aliphatic heterocycles. The fourth-order valence-corrected chi connectivity index (χ4v) is 2.98. The van der Waals surface area contributed by atoms with E-state index in [0.717, 1.165) is 29.8 Å². The van der Waals surface area contributed by atoms with Crippen LogP contribution >= 0.6 is 0 Å². The van der Waals surface area contributed by atoms with Gasteiger partial charge in [0, 0.05) is 0 Å². The highest BCUT2D eigenvalue weighted by molar-refractivity contribution is 5.78. The molecule has 0 aliphatic carbocycles. The minimum Gasteiger partial charge on any atom is -0.489 e. The topological polar surface area (TPSA) is 85.2 Å². The first kappa shape index (κ1) is 23.9. The van der Waals surface area contributed by atoms with E-state index in [0.29, 0.717) is 12.4 Å². The number of aliphatic hydroxyl groups is 1. The molecule has 0 fully saturated rings. The number of benzene rings is 3. The molecule has 9 heteroatoms. The number of rotatable bonds is 9. The van der Waals surface area contributed by atoms with Crippen LogP contribution in [0, 0.1) is 0 Å². The number of aliphatic hydroxyl groups excluding tert-OH is 1. The van der Waals surface area contributed by atoms with E-state index < -0.39 is 29.8 Å². The molecule has 2 N–H and O–H groups in total. The second-order valence-corrected chi connectivity index (χ2v) is 7.28. The van der Waals surface area contributed by atoms with Crippen LogP contribution in [0.4, 0.5) is 13.2 Å². The van der Waals surface area contributed by atoms with E-state index >= 15 is 0 Å². The lowest BCUT2D eigenvalue weighted by Gasteiger charge is -2.31. The molecular weight excluding hydrogens is 441 g/mol. The number of carbonyl (C=O) groups is 1. The van der Waals surface area contributed by atoms with E-state index in [1.807, 2.05) is 30.3 Å². The van der Waals surface area contributed by atoms with Crippen molar-refractivity contribution in [1.29, 1.82) is 0 Å². The van der Waals surface area contributed by atoms with Crippen molar-refractivity contribution >= 4 is 5.97 Å². The average molecular weight is 462 g/mol. The van der Waals surface area contributed by atoms with E-state index in [1.54, 1.807) is 12.1 Å². The van der Waals surface area contributed by atoms with Crippen LogP contribution < -0.4 is 14.2 Å². The van der Waals surface area contributed by atoms with E-state index in [1.165, 1.54) is 19.1 Å². The standard InChI is InChI=1S/C24H21F3O6/c1-23(22(29)30,32-19-11-13-20(14-12-19)33-24(25,26)27)21(28)17-7-9-18(10-8-17)31-15-16-5-3-2-4-6-16/h2-14,21,28H,15H2,1H3,(H,29,30). The van der Waals surface area contributed by atoms with Crippen molar-refractivity contribution in [2.45, 2.75) is 31.6 Å². The molecule has 0 aliphatic rings. The van der Waals surface area contributed by atoms with Gasteiger partial charge in [-0.25, -0.2) is 4.79 Å². The molecular formula is C24H21F3O6. The van der Waals surface area contributed by atoms with E-state index in [4.69, 9.17) is 9.47 Å². The molecule has 3 aromatic rings. The summed E-state index contributed by atoms with van der Waals surface area (Å²) in [6, 6.07) is 19.9. The summed E-state index contributed by atoms with van der Waals surface area (Å²) in [6.07, 6.45) is -6.45. The molecule has 2 atom stereocenters.